The Kier molecular flexibility index (Phi) is 3.40. The first kappa shape index (κ1) is 12.4. The molecule has 0 spiro atoms. The summed E-state index contributed by atoms with van der Waals surface area (Å²) in [5.74, 6) is 0.776. The van der Waals surface area contributed by atoms with Gasteiger partial charge in [-0.25, -0.2) is 13.6 Å². The lowest BCUT2D eigenvalue weighted by molar-refractivity contribution is 0.597. The highest BCUT2D eigenvalue weighted by Gasteiger charge is 2.29. The second-order valence-corrected chi connectivity index (χ2v) is 6.13. The Labute approximate surface area is 102 Å². The molecule has 4 nitrogen and oxygen atoms in total. The number of benzene rings is 1. The summed E-state index contributed by atoms with van der Waals surface area (Å²) in [7, 11) is -3.59. The lowest BCUT2D eigenvalue weighted by Gasteiger charge is -2.17. The van der Waals surface area contributed by atoms with E-state index in [1.165, 1.54) is 25.0 Å². The van der Waals surface area contributed by atoms with Gasteiger partial charge in [-0.3, -0.25) is 0 Å². The second kappa shape index (κ2) is 4.66. The van der Waals surface area contributed by atoms with E-state index in [-0.39, 0.29) is 4.90 Å². The highest BCUT2D eigenvalue weighted by molar-refractivity contribution is 7.89. The first-order chi connectivity index (χ1) is 8.00. The van der Waals surface area contributed by atoms with Crippen LogP contribution in [-0.2, 0) is 10.0 Å². The predicted octanol–water partition coefficient (Wildman–Crippen LogP) is 1.93. The van der Waals surface area contributed by atoms with Gasteiger partial charge in [-0.15, -0.1) is 0 Å². The van der Waals surface area contributed by atoms with E-state index < -0.39 is 10.0 Å². The van der Waals surface area contributed by atoms with Crippen LogP contribution in [0, 0.1) is 5.92 Å². The Morgan fingerprint density at radius 1 is 1.35 bits per heavy atom. The van der Waals surface area contributed by atoms with E-state index in [0.717, 1.165) is 18.0 Å². The third-order valence-corrected chi connectivity index (χ3v) is 4.10. The fourth-order valence-corrected chi connectivity index (χ4v) is 2.52. The van der Waals surface area contributed by atoms with Gasteiger partial charge in [0.1, 0.15) is 0 Å². The zero-order valence-corrected chi connectivity index (χ0v) is 10.7. The summed E-state index contributed by atoms with van der Waals surface area (Å²) in [4.78, 5) is 0.155. The molecular formula is C12H18N2O2S. The Balaban J connectivity index is 2.07. The van der Waals surface area contributed by atoms with Gasteiger partial charge < -0.3 is 5.32 Å². The molecule has 1 aromatic carbocycles. The Morgan fingerprint density at radius 3 is 2.35 bits per heavy atom. The van der Waals surface area contributed by atoms with E-state index in [2.05, 4.69) is 12.2 Å². The third-order valence-electron chi connectivity index (χ3n) is 3.17. The maximum absolute atomic E-state index is 11.1. The fraction of sp³-hybridized carbons (Fsp3) is 0.500. The molecule has 0 aliphatic heterocycles. The summed E-state index contributed by atoms with van der Waals surface area (Å²) in [6.07, 6.45) is 3.67. The molecule has 1 unspecified atom stereocenters. The van der Waals surface area contributed by atoms with Crippen LogP contribution in [0.25, 0.3) is 0 Å². The molecule has 17 heavy (non-hydrogen) atoms. The Hall–Kier alpha value is -1.07. The van der Waals surface area contributed by atoms with Crippen molar-refractivity contribution in [3.05, 3.63) is 24.3 Å². The average Bonchev–Trinajstić information content (AvgIpc) is 3.09. The van der Waals surface area contributed by atoms with Gasteiger partial charge in [0.05, 0.1) is 4.90 Å². The summed E-state index contributed by atoms with van der Waals surface area (Å²) >= 11 is 0. The van der Waals surface area contributed by atoms with Gasteiger partial charge in [0, 0.05) is 11.7 Å². The molecule has 0 saturated heterocycles. The standard InChI is InChI=1S/C12H18N2O2S/c1-2-12(9-3-4-9)14-10-5-7-11(8-6-10)17(13,15)16/h5-9,12,14H,2-4H2,1H3,(H2,13,15,16). The van der Waals surface area contributed by atoms with Gasteiger partial charge in [-0.05, 0) is 49.4 Å². The fourth-order valence-electron chi connectivity index (χ4n) is 2.01. The summed E-state index contributed by atoms with van der Waals surface area (Å²) in [6, 6.07) is 7.11. The van der Waals surface area contributed by atoms with Crippen LogP contribution in [-0.4, -0.2) is 14.5 Å². The van der Waals surface area contributed by atoms with Crippen molar-refractivity contribution in [3.63, 3.8) is 0 Å². The number of primary sulfonamides is 1. The molecule has 0 heterocycles. The molecule has 3 N–H and O–H groups in total. The largest absolute Gasteiger partial charge is 0.382 e. The zero-order valence-electron chi connectivity index (χ0n) is 9.89. The van der Waals surface area contributed by atoms with Crippen molar-refractivity contribution in [1.82, 2.24) is 0 Å². The van der Waals surface area contributed by atoms with Gasteiger partial charge in [-0.2, -0.15) is 0 Å². The molecule has 1 atom stereocenters. The smallest absolute Gasteiger partial charge is 0.238 e. The van der Waals surface area contributed by atoms with E-state index in [0.29, 0.717) is 6.04 Å². The number of hydrogen-bond acceptors (Lipinski definition) is 3. The highest BCUT2D eigenvalue weighted by Crippen LogP contribution is 2.35. The number of sulfonamides is 1. The number of anilines is 1. The highest BCUT2D eigenvalue weighted by atomic mass is 32.2. The van der Waals surface area contributed by atoms with Gasteiger partial charge in [0.25, 0.3) is 0 Å². The molecule has 94 valence electrons. The van der Waals surface area contributed by atoms with Gasteiger partial charge >= 0.3 is 0 Å². The van der Waals surface area contributed by atoms with E-state index in [1.807, 2.05) is 0 Å². The number of hydrogen-bond donors (Lipinski definition) is 2. The van der Waals surface area contributed by atoms with E-state index >= 15 is 0 Å². The summed E-state index contributed by atoms with van der Waals surface area (Å²) in [5.41, 5.74) is 0.955. The summed E-state index contributed by atoms with van der Waals surface area (Å²) in [6.45, 7) is 2.16. The van der Waals surface area contributed by atoms with Crippen LogP contribution in [0.1, 0.15) is 26.2 Å². The lowest BCUT2D eigenvalue weighted by Crippen LogP contribution is -2.20. The minimum Gasteiger partial charge on any atom is -0.382 e. The quantitative estimate of drug-likeness (QED) is 0.843. The average molecular weight is 254 g/mol. The molecule has 1 saturated carbocycles. The van der Waals surface area contributed by atoms with E-state index in [1.54, 1.807) is 12.1 Å². The summed E-state index contributed by atoms with van der Waals surface area (Å²) in [5, 5.41) is 8.48. The van der Waals surface area contributed by atoms with Crippen molar-refractivity contribution in [2.24, 2.45) is 11.1 Å². The van der Waals surface area contributed by atoms with Gasteiger partial charge in [0.2, 0.25) is 10.0 Å². The maximum Gasteiger partial charge on any atom is 0.238 e. The van der Waals surface area contributed by atoms with E-state index in [4.69, 9.17) is 5.14 Å². The van der Waals surface area contributed by atoms with Crippen molar-refractivity contribution in [1.29, 1.82) is 0 Å². The van der Waals surface area contributed by atoms with Crippen molar-refractivity contribution in [2.45, 2.75) is 37.1 Å². The normalized spacial score (nSPS) is 17.8. The minimum atomic E-state index is -3.59. The van der Waals surface area contributed by atoms with Gasteiger partial charge in [-0.1, -0.05) is 6.92 Å². The number of rotatable bonds is 5. The predicted molar refractivity (Wildman–Crippen MR) is 68.2 cm³/mol. The van der Waals surface area contributed by atoms with Crippen LogP contribution in [0.3, 0.4) is 0 Å². The molecule has 1 aliphatic carbocycles. The molecule has 1 aliphatic rings. The molecule has 2 rings (SSSR count). The zero-order chi connectivity index (χ0) is 12.5. The monoisotopic (exact) mass is 254 g/mol. The SMILES string of the molecule is CCC(Nc1ccc(S(N)(=O)=O)cc1)C1CC1. The van der Waals surface area contributed by atoms with Crippen LogP contribution in [0.5, 0.6) is 0 Å². The van der Waals surface area contributed by atoms with Crippen LogP contribution < -0.4 is 10.5 Å². The topological polar surface area (TPSA) is 72.2 Å². The second-order valence-electron chi connectivity index (χ2n) is 4.57. The first-order valence-corrected chi connectivity index (χ1v) is 7.44. The van der Waals surface area contributed by atoms with Gasteiger partial charge in [0.15, 0.2) is 0 Å². The summed E-state index contributed by atoms with van der Waals surface area (Å²) < 4.78 is 22.2. The first-order valence-electron chi connectivity index (χ1n) is 5.90. The van der Waals surface area contributed by atoms with Crippen LogP contribution >= 0.6 is 0 Å². The Bertz CT molecular complexity index is 478. The molecule has 5 heteroatoms. The molecule has 0 aromatic heterocycles. The van der Waals surface area contributed by atoms with Crippen LogP contribution in [0.2, 0.25) is 0 Å². The number of nitrogens with two attached hydrogens (primary N) is 1. The molecule has 0 amide bonds. The van der Waals surface area contributed by atoms with Crippen molar-refractivity contribution in [2.75, 3.05) is 5.32 Å². The van der Waals surface area contributed by atoms with Crippen LogP contribution in [0.4, 0.5) is 5.69 Å². The van der Waals surface area contributed by atoms with Crippen molar-refractivity contribution < 1.29 is 8.42 Å². The van der Waals surface area contributed by atoms with E-state index in [9.17, 15) is 8.42 Å². The molecule has 1 aromatic rings. The van der Waals surface area contributed by atoms with Crippen LogP contribution in [0.15, 0.2) is 29.2 Å². The molecule has 0 radical (unpaired) electrons. The minimum absolute atomic E-state index is 0.155. The molecule has 1 fully saturated rings. The lowest BCUT2D eigenvalue weighted by atomic mass is 10.1. The van der Waals surface area contributed by atoms with Crippen molar-refractivity contribution in [3.8, 4) is 0 Å². The molecule has 0 bridgehead atoms. The molecular weight excluding hydrogens is 236 g/mol. The maximum atomic E-state index is 11.1. The Morgan fingerprint density at radius 2 is 1.94 bits per heavy atom. The van der Waals surface area contributed by atoms with Crippen molar-refractivity contribution >= 4 is 15.7 Å². The third kappa shape index (κ3) is 3.20. The number of nitrogens with one attached hydrogen (secondary N) is 1.